The SMILES string of the molecule is CN(C)c1cc(C(=O)NC[C@@H]2Cc3ccccc3O2)ccn1. The van der Waals surface area contributed by atoms with Gasteiger partial charge in [-0.25, -0.2) is 4.98 Å². The van der Waals surface area contributed by atoms with Crippen molar-refractivity contribution >= 4 is 11.7 Å². The van der Waals surface area contributed by atoms with Crippen LogP contribution in [0.15, 0.2) is 42.6 Å². The molecule has 3 rings (SSSR count). The van der Waals surface area contributed by atoms with E-state index in [9.17, 15) is 4.79 Å². The zero-order valence-corrected chi connectivity index (χ0v) is 12.7. The third-order valence-electron chi connectivity index (χ3n) is 3.67. The highest BCUT2D eigenvalue weighted by Gasteiger charge is 2.22. The molecule has 0 aliphatic carbocycles. The molecule has 0 saturated heterocycles. The molecule has 22 heavy (non-hydrogen) atoms. The van der Waals surface area contributed by atoms with Crippen LogP contribution in [0, 0.1) is 0 Å². The predicted molar refractivity (Wildman–Crippen MR) is 85.5 cm³/mol. The number of pyridine rings is 1. The number of nitrogens with one attached hydrogen (secondary N) is 1. The quantitative estimate of drug-likeness (QED) is 0.936. The molecule has 1 aliphatic rings. The number of rotatable bonds is 4. The number of anilines is 1. The van der Waals surface area contributed by atoms with Crippen molar-refractivity contribution in [3.05, 3.63) is 53.7 Å². The van der Waals surface area contributed by atoms with E-state index in [1.54, 1.807) is 18.3 Å². The largest absolute Gasteiger partial charge is 0.488 e. The van der Waals surface area contributed by atoms with Crippen LogP contribution in [0.4, 0.5) is 5.82 Å². The fraction of sp³-hybridized carbons (Fsp3) is 0.294. The van der Waals surface area contributed by atoms with Crippen LogP contribution < -0.4 is 15.0 Å². The highest BCUT2D eigenvalue weighted by Crippen LogP contribution is 2.27. The fourth-order valence-corrected chi connectivity index (χ4v) is 2.48. The van der Waals surface area contributed by atoms with E-state index >= 15 is 0 Å². The van der Waals surface area contributed by atoms with Gasteiger partial charge < -0.3 is 15.0 Å². The van der Waals surface area contributed by atoms with Crippen molar-refractivity contribution in [2.24, 2.45) is 0 Å². The summed E-state index contributed by atoms with van der Waals surface area (Å²) in [6.07, 6.45) is 2.47. The molecule has 1 aromatic heterocycles. The second kappa shape index (κ2) is 6.05. The van der Waals surface area contributed by atoms with Crippen molar-refractivity contribution in [1.82, 2.24) is 10.3 Å². The monoisotopic (exact) mass is 297 g/mol. The van der Waals surface area contributed by atoms with Gasteiger partial charge in [-0.05, 0) is 23.8 Å². The third kappa shape index (κ3) is 3.03. The predicted octanol–water partition coefficient (Wildman–Crippen LogP) is 1.88. The number of para-hydroxylation sites is 1. The molecular formula is C17H19N3O2. The van der Waals surface area contributed by atoms with E-state index in [1.807, 2.05) is 37.2 Å². The minimum atomic E-state index is -0.106. The molecule has 114 valence electrons. The topological polar surface area (TPSA) is 54.5 Å². The molecule has 5 nitrogen and oxygen atoms in total. The lowest BCUT2D eigenvalue weighted by atomic mass is 10.1. The summed E-state index contributed by atoms with van der Waals surface area (Å²) < 4.78 is 5.82. The number of amides is 1. The minimum Gasteiger partial charge on any atom is -0.488 e. The Morgan fingerprint density at radius 2 is 2.18 bits per heavy atom. The summed E-state index contributed by atoms with van der Waals surface area (Å²) >= 11 is 0. The number of benzene rings is 1. The summed E-state index contributed by atoms with van der Waals surface area (Å²) in [7, 11) is 3.79. The van der Waals surface area contributed by atoms with Gasteiger partial charge in [-0.15, -0.1) is 0 Å². The summed E-state index contributed by atoms with van der Waals surface area (Å²) in [6, 6.07) is 11.5. The van der Waals surface area contributed by atoms with Gasteiger partial charge in [0, 0.05) is 32.3 Å². The number of carbonyl (C=O) groups excluding carboxylic acids is 1. The number of aromatic nitrogens is 1. The molecular weight excluding hydrogens is 278 g/mol. The van der Waals surface area contributed by atoms with Gasteiger partial charge >= 0.3 is 0 Å². The molecule has 0 saturated carbocycles. The van der Waals surface area contributed by atoms with Crippen molar-refractivity contribution in [3.8, 4) is 5.75 Å². The van der Waals surface area contributed by atoms with Gasteiger partial charge in [-0.3, -0.25) is 4.79 Å². The van der Waals surface area contributed by atoms with Crippen LogP contribution in [0.25, 0.3) is 0 Å². The summed E-state index contributed by atoms with van der Waals surface area (Å²) in [5, 5.41) is 2.93. The number of nitrogens with zero attached hydrogens (tertiary/aromatic N) is 2. The van der Waals surface area contributed by atoms with Crippen LogP contribution in [0.5, 0.6) is 5.75 Å². The van der Waals surface area contributed by atoms with Crippen LogP contribution in [0.2, 0.25) is 0 Å². The van der Waals surface area contributed by atoms with Crippen molar-refractivity contribution in [2.75, 3.05) is 25.5 Å². The second-order valence-electron chi connectivity index (χ2n) is 5.56. The summed E-state index contributed by atoms with van der Waals surface area (Å²) in [5.41, 5.74) is 1.80. The van der Waals surface area contributed by atoms with E-state index < -0.39 is 0 Å². The Balaban J connectivity index is 1.59. The van der Waals surface area contributed by atoms with Gasteiger partial charge in [0.25, 0.3) is 5.91 Å². The molecule has 0 fully saturated rings. The van der Waals surface area contributed by atoms with Gasteiger partial charge in [-0.2, -0.15) is 0 Å². The molecule has 1 amide bonds. The van der Waals surface area contributed by atoms with E-state index in [0.29, 0.717) is 12.1 Å². The van der Waals surface area contributed by atoms with E-state index in [0.717, 1.165) is 18.0 Å². The summed E-state index contributed by atoms with van der Waals surface area (Å²) in [5.74, 6) is 1.57. The highest BCUT2D eigenvalue weighted by molar-refractivity contribution is 5.94. The van der Waals surface area contributed by atoms with Crippen LogP contribution in [0.1, 0.15) is 15.9 Å². The lowest BCUT2D eigenvalue weighted by molar-refractivity contribution is 0.0933. The number of hydrogen-bond donors (Lipinski definition) is 1. The van der Waals surface area contributed by atoms with E-state index in [4.69, 9.17) is 4.74 Å². The molecule has 5 heteroatoms. The highest BCUT2D eigenvalue weighted by atomic mass is 16.5. The maximum Gasteiger partial charge on any atom is 0.251 e. The van der Waals surface area contributed by atoms with E-state index in [-0.39, 0.29) is 12.0 Å². The van der Waals surface area contributed by atoms with Gasteiger partial charge in [0.1, 0.15) is 17.7 Å². The fourth-order valence-electron chi connectivity index (χ4n) is 2.48. The Morgan fingerprint density at radius 1 is 1.36 bits per heavy atom. The molecule has 2 aromatic rings. The molecule has 0 unspecified atom stereocenters. The Bertz CT molecular complexity index is 660. The first-order valence-corrected chi connectivity index (χ1v) is 7.29. The molecule has 1 aliphatic heterocycles. The average Bonchev–Trinajstić information content (AvgIpc) is 2.95. The zero-order valence-electron chi connectivity index (χ0n) is 12.7. The van der Waals surface area contributed by atoms with Gasteiger partial charge in [0.2, 0.25) is 0 Å². The van der Waals surface area contributed by atoms with Crippen LogP contribution in [-0.2, 0) is 6.42 Å². The first-order valence-electron chi connectivity index (χ1n) is 7.29. The molecule has 2 heterocycles. The minimum absolute atomic E-state index is 0.00323. The van der Waals surface area contributed by atoms with Gasteiger partial charge in [0.15, 0.2) is 0 Å². The molecule has 1 atom stereocenters. The summed E-state index contributed by atoms with van der Waals surface area (Å²) in [4.78, 5) is 18.3. The molecule has 0 radical (unpaired) electrons. The van der Waals surface area contributed by atoms with Crippen molar-refractivity contribution < 1.29 is 9.53 Å². The average molecular weight is 297 g/mol. The summed E-state index contributed by atoms with van der Waals surface area (Å²) in [6.45, 7) is 0.493. The normalized spacial score (nSPS) is 15.8. The van der Waals surface area contributed by atoms with Crippen LogP contribution in [0.3, 0.4) is 0 Å². The number of carbonyl (C=O) groups is 1. The molecule has 0 bridgehead atoms. The maximum atomic E-state index is 12.2. The second-order valence-corrected chi connectivity index (χ2v) is 5.56. The van der Waals surface area contributed by atoms with E-state index in [2.05, 4.69) is 16.4 Å². The van der Waals surface area contributed by atoms with Gasteiger partial charge in [0.05, 0.1) is 6.54 Å². The van der Waals surface area contributed by atoms with Crippen molar-refractivity contribution in [3.63, 3.8) is 0 Å². The van der Waals surface area contributed by atoms with Crippen LogP contribution >= 0.6 is 0 Å². The zero-order chi connectivity index (χ0) is 15.5. The third-order valence-corrected chi connectivity index (χ3v) is 3.67. The van der Waals surface area contributed by atoms with E-state index in [1.165, 1.54) is 5.56 Å². The molecule has 1 aromatic carbocycles. The van der Waals surface area contributed by atoms with Crippen molar-refractivity contribution in [2.45, 2.75) is 12.5 Å². The lowest BCUT2D eigenvalue weighted by Crippen LogP contribution is -2.34. The molecule has 0 spiro atoms. The standard InChI is InChI=1S/C17H19N3O2/c1-20(2)16-10-13(7-8-18-16)17(21)19-11-14-9-12-5-3-4-6-15(12)22-14/h3-8,10,14H,9,11H2,1-2H3,(H,19,21)/t14-/m0/s1. The number of fused-ring (bicyclic) bond motifs is 1. The van der Waals surface area contributed by atoms with Crippen molar-refractivity contribution in [1.29, 1.82) is 0 Å². The lowest BCUT2D eigenvalue weighted by Gasteiger charge is -2.14. The Labute approximate surface area is 129 Å². The molecule has 1 N–H and O–H groups in total. The number of hydrogen-bond acceptors (Lipinski definition) is 4. The first kappa shape index (κ1) is 14.4. The Kier molecular flexibility index (Phi) is 3.96. The van der Waals surface area contributed by atoms with Crippen LogP contribution in [-0.4, -0.2) is 37.6 Å². The maximum absolute atomic E-state index is 12.2. The Morgan fingerprint density at radius 3 is 2.95 bits per heavy atom. The Hall–Kier alpha value is -2.56. The number of ether oxygens (including phenoxy) is 1. The smallest absolute Gasteiger partial charge is 0.251 e. The first-order chi connectivity index (χ1) is 10.6. The van der Waals surface area contributed by atoms with Gasteiger partial charge in [-0.1, -0.05) is 18.2 Å².